The van der Waals surface area contributed by atoms with E-state index in [2.05, 4.69) is 17.3 Å². The number of halogens is 1. The van der Waals surface area contributed by atoms with Crippen molar-refractivity contribution in [3.8, 4) is 5.75 Å². The van der Waals surface area contributed by atoms with Crippen molar-refractivity contribution in [3.63, 3.8) is 0 Å². The Morgan fingerprint density at radius 2 is 2.00 bits per heavy atom. The van der Waals surface area contributed by atoms with Crippen LogP contribution in [0.2, 0.25) is 0 Å². The van der Waals surface area contributed by atoms with Crippen LogP contribution < -0.4 is 15.1 Å². The molecule has 3 nitrogen and oxygen atoms in total. The minimum absolute atomic E-state index is 0.775. The summed E-state index contributed by atoms with van der Waals surface area (Å²) in [6, 6.07) is 7.62. The molecule has 0 aliphatic rings. The summed E-state index contributed by atoms with van der Waals surface area (Å²) < 4.78 is 5.50. The van der Waals surface area contributed by atoms with E-state index < -0.39 is 0 Å². The highest BCUT2D eigenvalue weighted by Gasteiger charge is 1.93. The van der Waals surface area contributed by atoms with Gasteiger partial charge in [0.25, 0.3) is 0 Å². The Kier molecular flexibility index (Phi) is 5.19. The highest BCUT2D eigenvalue weighted by molar-refractivity contribution is 6.13. The highest BCUT2D eigenvalue weighted by atomic mass is 35.5. The largest absolute Gasteiger partial charge is 0.494 e. The number of unbranched alkanes of at least 4 members (excludes halogenated alkanes) is 1. The molecular formula is C10H15ClN2O. The molecule has 0 amide bonds. The Balaban J connectivity index is 2.38. The fourth-order valence-electron chi connectivity index (χ4n) is 1.02. The summed E-state index contributed by atoms with van der Waals surface area (Å²) in [5.41, 5.74) is 3.67. The van der Waals surface area contributed by atoms with Gasteiger partial charge in [-0.05, 0) is 42.5 Å². The molecule has 0 radical (unpaired) electrons. The number of hydrazine groups is 1. The Morgan fingerprint density at radius 3 is 2.57 bits per heavy atom. The van der Waals surface area contributed by atoms with Crippen LogP contribution in [0.25, 0.3) is 0 Å². The summed E-state index contributed by atoms with van der Waals surface area (Å²) >= 11 is 5.29. The van der Waals surface area contributed by atoms with Gasteiger partial charge in [0.1, 0.15) is 5.75 Å². The number of hydrogen-bond acceptors (Lipinski definition) is 3. The zero-order valence-corrected chi connectivity index (χ0v) is 8.97. The molecule has 0 bridgehead atoms. The van der Waals surface area contributed by atoms with Crippen LogP contribution in [-0.2, 0) is 0 Å². The van der Waals surface area contributed by atoms with Gasteiger partial charge in [0.2, 0.25) is 0 Å². The predicted molar refractivity (Wildman–Crippen MR) is 59.5 cm³/mol. The van der Waals surface area contributed by atoms with Gasteiger partial charge in [-0.1, -0.05) is 13.3 Å². The molecule has 0 saturated heterocycles. The number of nitrogens with one attached hydrogen (secondary N) is 2. The molecule has 78 valence electrons. The van der Waals surface area contributed by atoms with Gasteiger partial charge in [-0.2, -0.15) is 0 Å². The van der Waals surface area contributed by atoms with Crippen LogP contribution in [0.1, 0.15) is 19.8 Å². The first-order valence-electron chi connectivity index (χ1n) is 4.71. The minimum Gasteiger partial charge on any atom is -0.494 e. The average Bonchev–Trinajstić information content (AvgIpc) is 2.21. The van der Waals surface area contributed by atoms with E-state index in [9.17, 15) is 0 Å². The first kappa shape index (κ1) is 11.1. The van der Waals surface area contributed by atoms with Crippen molar-refractivity contribution in [2.24, 2.45) is 0 Å². The quantitative estimate of drug-likeness (QED) is 0.434. The molecule has 4 heteroatoms. The predicted octanol–water partition coefficient (Wildman–Crippen LogP) is 2.94. The number of benzene rings is 1. The average molecular weight is 215 g/mol. The lowest BCUT2D eigenvalue weighted by atomic mass is 10.3. The molecular weight excluding hydrogens is 200 g/mol. The lowest BCUT2D eigenvalue weighted by molar-refractivity contribution is 0.309. The first-order chi connectivity index (χ1) is 6.86. The Hall–Kier alpha value is -0.930. The van der Waals surface area contributed by atoms with Crippen LogP contribution in [0.4, 0.5) is 5.69 Å². The van der Waals surface area contributed by atoms with E-state index in [0.717, 1.165) is 30.9 Å². The van der Waals surface area contributed by atoms with Crippen LogP contribution in [0.15, 0.2) is 24.3 Å². The molecule has 0 aliphatic carbocycles. The lowest BCUT2D eigenvalue weighted by Crippen LogP contribution is -2.08. The molecule has 0 saturated carbocycles. The van der Waals surface area contributed by atoms with Gasteiger partial charge in [-0.15, -0.1) is 4.94 Å². The number of rotatable bonds is 6. The summed E-state index contributed by atoms with van der Waals surface area (Å²) in [5, 5.41) is 0. The van der Waals surface area contributed by atoms with Gasteiger partial charge in [0.05, 0.1) is 12.3 Å². The first-order valence-corrected chi connectivity index (χ1v) is 5.09. The fourth-order valence-corrected chi connectivity index (χ4v) is 1.13. The Labute approximate surface area is 89.5 Å². The van der Waals surface area contributed by atoms with Crippen molar-refractivity contribution < 1.29 is 4.74 Å². The fraction of sp³-hybridized carbons (Fsp3) is 0.400. The second kappa shape index (κ2) is 6.51. The second-order valence-electron chi connectivity index (χ2n) is 2.95. The van der Waals surface area contributed by atoms with Crippen molar-refractivity contribution in [1.82, 2.24) is 4.94 Å². The molecule has 0 aliphatic heterocycles. The molecule has 1 aromatic carbocycles. The third kappa shape index (κ3) is 3.85. The van der Waals surface area contributed by atoms with E-state index in [1.165, 1.54) is 0 Å². The van der Waals surface area contributed by atoms with Crippen LogP contribution in [0.3, 0.4) is 0 Å². The molecule has 1 rings (SSSR count). The van der Waals surface area contributed by atoms with Crippen molar-refractivity contribution in [3.05, 3.63) is 24.3 Å². The standard InChI is InChI=1S/C10H15ClN2O/c1-2-3-8-14-10-6-4-9(5-7-10)12-13-11/h4-7,12-13H,2-3,8H2,1H3. The monoisotopic (exact) mass is 214 g/mol. The van der Waals surface area contributed by atoms with Gasteiger partial charge < -0.3 is 10.2 Å². The molecule has 0 aromatic heterocycles. The highest BCUT2D eigenvalue weighted by Crippen LogP contribution is 2.15. The SMILES string of the molecule is CCCCOc1ccc(NNCl)cc1. The topological polar surface area (TPSA) is 33.3 Å². The van der Waals surface area contributed by atoms with Crippen molar-refractivity contribution in [2.45, 2.75) is 19.8 Å². The zero-order chi connectivity index (χ0) is 10.2. The maximum atomic E-state index is 5.50. The van der Waals surface area contributed by atoms with E-state index in [-0.39, 0.29) is 0 Å². The van der Waals surface area contributed by atoms with Crippen molar-refractivity contribution >= 4 is 17.5 Å². The molecule has 0 unspecified atom stereocenters. The van der Waals surface area contributed by atoms with Crippen molar-refractivity contribution in [2.75, 3.05) is 12.0 Å². The molecule has 1 aromatic rings. The van der Waals surface area contributed by atoms with Crippen LogP contribution in [0.5, 0.6) is 5.75 Å². The normalized spacial score (nSPS) is 9.86. The molecule has 0 atom stereocenters. The minimum atomic E-state index is 0.775. The molecule has 0 heterocycles. The second-order valence-corrected chi connectivity index (χ2v) is 3.13. The molecule has 2 N–H and O–H groups in total. The smallest absolute Gasteiger partial charge is 0.119 e. The van der Waals surface area contributed by atoms with Gasteiger partial charge in [-0.25, -0.2) is 0 Å². The van der Waals surface area contributed by atoms with E-state index >= 15 is 0 Å². The third-order valence-corrected chi connectivity index (χ3v) is 1.91. The Morgan fingerprint density at radius 1 is 1.29 bits per heavy atom. The number of ether oxygens (including phenoxy) is 1. The van der Waals surface area contributed by atoms with E-state index in [0.29, 0.717) is 0 Å². The van der Waals surface area contributed by atoms with Crippen molar-refractivity contribution in [1.29, 1.82) is 0 Å². The van der Waals surface area contributed by atoms with Crippen LogP contribution in [0, 0.1) is 0 Å². The van der Waals surface area contributed by atoms with Gasteiger partial charge in [0, 0.05) is 0 Å². The summed E-state index contributed by atoms with van der Waals surface area (Å²) in [6.07, 6.45) is 2.24. The Bertz CT molecular complexity index is 251. The van der Waals surface area contributed by atoms with E-state index in [1.54, 1.807) is 0 Å². The van der Waals surface area contributed by atoms with E-state index in [4.69, 9.17) is 16.5 Å². The molecule has 14 heavy (non-hydrogen) atoms. The number of anilines is 1. The summed E-state index contributed by atoms with van der Waals surface area (Å²) in [4.78, 5) is 2.34. The maximum absolute atomic E-state index is 5.50. The van der Waals surface area contributed by atoms with E-state index in [1.807, 2.05) is 24.3 Å². The van der Waals surface area contributed by atoms with Gasteiger partial charge >= 0.3 is 0 Å². The molecule has 0 spiro atoms. The van der Waals surface area contributed by atoms with Crippen LogP contribution >= 0.6 is 11.8 Å². The lowest BCUT2D eigenvalue weighted by Gasteiger charge is -2.06. The third-order valence-electron chi connectivity index (χ3n) is 1.81. The van der Waals surface area contributed by atoms with Gasteiger partial charge in [-0.3, -0.25) is 0 Å². The molecule has 0 fully saturated rings. The number of hydrogen-bond donors (Lipinski definition) is 2. The maximum Gasteiger partial charge on any atom is 0.119 e. The summed E-state index contributed by atoms with van der Waals surface area (Å²) in [6.45, 7) is 2.92. The van der Waals surface area contributed by atoms with Crippen LogP contribution in [-0.4, -0.2) is 6.61 Å². The summed E-state index contributed by atoms with van der Waals surface area (Å²) in [5.74, 6) is 0.888. The summed E-state index contributed by atoms with van der Waals surface area (Å²) in [7, 11) is 0. The van der Waals surface area contributed by atoms with Gasteiger partial charge in [0.15, 0.2) is 0 Å². The zero-order valence-electron chi connectivity index (χ0n) is 8.22.